The molecule has 2 rings (SSSR count). The summed E-state index contributed by atoms with van der Waals surface area (Å²) in [5.74, 6) is 2.54. The van der Waals surface area contributed by atoms with Gasteiger partial charge in [-0.15, -0.1) is 0 Å². The van der Waals surface area contributed by atoms with E-state index in [0.717, 1.165) is 24.4 Å². The highest BCUT2D eigenvalue weighted by atomic mass is 16.5. The van der Waals surface area contributed by atoms with Gasteiger partial charge < -0.3 is 4.74 Å². The quantitative estimate of drug-likeness (QED) is 0.518. The molecule has 0 aromatic carbocycles. The second kappa shape index (κ2) is 2.54. The minimum absolute atomic E-state index is 0.819. The lowest BCUT2D eigenvalue weighted by Gasteiger charge is -2.27. The van der Waals surface area contributed by atoms with Crippen LogP contribution in [0.2, 0.25) is 0 Å². The lowest BCUT2D eigenvalue weighted by atomic mass is 9.86. The Morgan fingerprint density at radius 2 is 2.27 bits per heavy atom. The molecule has 2 aliphatic rings. The van der Waals surface area contributed by atoms with Gasteiger partial charge in [0.05, 0.1) is 12.9 Å². The standard InChI is InChI=1S/C10H16O/c1-7-3-4-9-8(2)5-11-6-10(7)9/h5,7,9-10H,3-4,6H2,1-2H3/t7-,9+,10+/m0/s1. The third-order valence-electron chi connectivity index (χ3n) is 3.32. The summed E-state index contributed by atoms with van der Waals surface area (Å²) in [6.45, 7) is 5.52. The summed E-state index contributed by atoms with van der Waals surface area (Å²) in [6, 6.07) is 0. The second-order valence-electron chi connectivity index (χ2n) is 4.02. The topological polar surface area (TPSA) is 9.23 Å². The van der Waals surface area contributed by atoms with Crippen LogP contribution in [0, 0.1) is 17.8 Å². The molecule has 62 valence electrons. The third kappa shape index (κ3) is 1.07. The van der Waals surface area contributed by atoms with Gasteiger partial charge in [0.1, 0.15) is 0 Å². The highest BCUT2D eigenvalue weighted by Gasteiger charge is 2.36. The molecular weight excluding hydrogens is 136 g/mol. The molecule has 0 unspecified atom stereocenters. The van der Waals surface area contributed by atoms with Crippen LogP contribution < -0.4 is 0 Å². The van der Waals surface area contributed by atoms with Crippen molar-refractivity contribution in [1.82, 2.24) is 0 Å². The molecule has 0 saturated heterocycles. The fourth-order valence-electron chi connectivity index (χ4n) is 2.49. The molecule has 0 aromatic heterocycles. The molecule has 11 heavy (non-hydrogen) atoms. The van der Waals surface area contributed by atoms with Gasteiger partial charge in [-0.05, 0) is 37.2 Å². The molecule has 1 saturated carbocycles. The zero-order valence-corrected chi connectivity index (χ0v) is 7.34. The van der Waals surface area contributed by atoms with Gasteiger partial charge in [0.15, 0.2) is 0 Å². The van der Waals surface area contributed by atoms with Crippen LogP contribution in [0.25, 0.3) is 0 Å². The summed E-state index contributed by atoms with van der Waals surface area (Å²) < 4.78 is 5.40. The van der Waals surface area contributed by atoms with Gasteiger partial charge in [-0.3, -0.25) is 0 Å². The Kier molecular flexibility index (Phi) is 1.67. The van der Waals surface area contributed by atoms with E-state index < -0.39 is 0 Å². The first kappa shape index (κ1) is 7.20. The molecule has 1 heterocycles. The molecule has 0 aromatic rings. The van der Waals surface area contributed by atoms with E-state index in [9.17, 15) is 0 Å². The van der Waals surface area contributed by atoms with Crippen molar-refractivity contribution in [2.45, 2.75) is 26.7 Å². The van der Waals surface area contributed by atoms with E-state index in [2.05, 4.69) is 13.8 Å². The van der Waals surface area contributed by atoms with Crippen LogP contribution in [0.15, 0.2) is 11.8 Å². The van der Waals surface area contributed by atoms with E-state index in [1.807, 2.05) is 6.26 Å². The van der Waals surface area contributed by atoms with Crippen molar-refractivity contribution in [3.8, 4) is 0 Å². The van der Waals surface area contributed by atoms with Gasteiger partial charge in [0.2, 0.25) is 0 Å². The first-order chi connectivity index (χ1) is 5.29. The number of rotatable bonds is 0. The van der Waals surface area contributed by atoms with E-state index in [0.29, 0.717) is 0 Å². The third-order valence-corrected chi connectivity index (χ3v) is 3.32. The smallest absolute Gasteiger partial charge is 0.0909 e. The van der Waals surface area contributed by atoms with E-state index in [1.54, 1.807) is 0 Å². The average Bonchev–Trinajstić information content (AvgIpc) is 2.35. The van der Waals surface area contributed by atoms with Crippen molar-refractivity contribution < 1.29 is 4.74 Å². The summed E-state index contributed by atoms with van der Waals surface area (Å²) in [4.78, 5) is 0. The van der Waals surface area contributed by atoms with Gasteiger partial charge in [-0.1, -0.05) is 6.92 Å². The molecular formula is C10H16O. The Labute approximate surface area is 68.4 Å². The van der Waals surface area contributed by atoms with Gasteiger partial charge >= 0.3 is 0 Å². The molecule has 0 radical (unpaired) electrons. The van der Waals surface area contributed by atoms with Crippen molar-refractivity contribution in [1.29, 1.82) is 0 Å². The molecule has 1 nitrogen and oxygen atoms in total. The normalized spacial score (nSPS) is 42.7. The SMILES string of the molecule is CC1=COC[C@H]2[C@@H]1CC[C@@H]2C. The number of fused-ring (bicyclic) bond motifs is 1. The zero-order valence-electron chi connectivity index (χ0n) is 7.34. The number of allylic oxidation sites excluding steroid dienone is 1. The Balaban J connectivity index is 2.18. The Hall–Kier alpha value is -0.460. The van der Waals surface area contributed by atoms with Crippen LogP contribution in [-0.4, -0.2) is 6.61 Å². The van der Waals surface area contributed by atoms with E-state index in [4.69, 9.17) is 4.74 Å². The number of hydrogen-bond acceptors (Lipinski definition) is 1. The molecule has 0 bridgehead atoms. The van der Waals surface area contributed by atoms with E-state index in [-0.39, 0.29) is 0 Å². The maximum Gasteiger partial charge on any atom is 0.0909 e. The monoisotopic (exact) mass is 152 g/mol. The van der Waals surface area contributed by atoms with Gasteiger partial charge in [0.25, 0.3) is 0 Å². The Bertz CT molecular complexity index is 183. The van der Waals surface area contributed by atoms with Crippen molar-refractivity contribution in [2.24, 2.45) is 17.8 Å². The molecule has 1 aliphatic heterocycles. The van der Waals surface area contributed by atoms with E-state index >= 15 is 0 Å². The predicted octanol–water partition coefficient (Wildman–Crippen LogP) is 2.58. The highest BCUT2D eigenvalue weighted by molar-refractivity contribution is 5.08. The number of hydrogen-bond donors (Lipinski definition) is 0. The van der Waals surface area contributed by atoms with Crippen molar-refractivity contribution >= 4 is 0 Å². The maximum absolute atomic E-state index is 5.40. The highest BCUT2D eigenvalue weighted by Crippen LogP contribution is 2.42. The average molecular weight is 152 g/mol. The zero-order chi connectivity index (χ0) is 7.84. The van der Waals surface area contributed by atoms with Gasteiger partial charge in [-0.25, -0.2) is 0 Å². The van der Waals surface area contributed by atoms with Gasteiger partial charge in [0, 0.05) is 5.92 Å². The molecule has 0 N–H and O–H groups in total. The molecule has 3 atom stereocenters. The lowest BCUT2D eigenvalue weighted by molar-refractivity contribution is 0.128. The van der Waals surface area contributed by atoms with Crippen molar-refractivity contribution in [3.63, 3.8) is 0 Å². The number of ether oxygens (including phenoxy) is 1. The minimum Gasteiger partial charge on any atom is -0.501 e. The second-order valence-corrected chi connectivity index (χ2v) is 4.02. The Morgan fingerprint density at radius 1 is 1.45 bits per heavy atom. The summed E-state index contributed by atoms with van der Waals surface area (Å²) in [7, 11) is 0. The van der Waals surface area contributed by atoms with Gasteiger partial charge in [-0.2, -0.15) is 0 Å². The summed E-state index contributed by atoms with van der Waals surface area (Å²) in [5, 5.41) is 0. The largest absolute Gasteiger partial charge is 0.501 e. The lowest BCUT2D eigenvalue weighted by Crippen LogP contribution is -2.23. The minimum atomic E-state index is 0.819. The first-order valence-electron chi connectivity index (χ1n) is 4.57. The predicted molar refractivity (Wildman–Crippen MR) is 45.1 cm³/mol. The van der Waals surface area contributed by atoms with Crippen LogP contribution in [0.4, 0.5) is 0 Å². The Morgan fingerprint density at radius 3 is 3.00 bits per heavy atom. The van der Waals surface area contributed by atoms with Crippen molar-refractivity contribution in [2.75, 3.05) is 6.61 Å². The molecule has 0 spiro atoms. The van der Waals surface area contributed by atoms with Crippen LogP contribution >= 0.6 is 0 Å². The summed E-state index contributed by atoms with van der Waals surface area (Å²) in [5.41, 5.74) is 1.46. The van der Waals surface area contributed by atoms with Crippen LogP contribution in [0.1, 0.15) is 26.7 Å². The van der Waals surface area contributed by atoms with Crippen molar-refractivity contribution in [3.05, 3.63) is 11.8 Å². The maximum atomic E-state index is 5.40. The molecule has 1 heteroatoms. The van der Waals surface area contributed by atoms with Crippen LogP contribution in [0.5, 0.6) is 0 Å². The fraction of sp³-hybridized carbons (Fsp3) is 0.800. The van der Waals surface area contributed by atoms with Crippen LogP contribution in [0.3, 0.4) is 0 Å². The molecule has 1 fully saturated rings. The first-order valence-corrected chi connectivity index (χ1v) is 4.57. The fourth-order valence-corrected chi connectivity index (χ4v) is 2.49. The van der Waals surface area contributed by atoms with Crippen LogP contribution in [-0.2, 0) is 4.74 Å². The van der Waals surface area contributed by atoms with E-state index in [1.165, 1.54) is 18.4 Å². The summed E-state index contributed by atoms with van der Waals surface area (Å²) in [6.07, 6.45) is 4.74. The molecule has 1 aliphatic carbocycles. The molecule has 0 amide bonds. The summed E-state index contributed by atoms with van der Waals surface area (Å²) >= 11 is 0.